The van der Waals surface area contributed by atoms with Gasteiger partial charge in [0.15, 0.2) is 6.73 Å². The molecule has 7 heteroatoms. The van der Waals surface area contributed by atoms with E-state index in [0.29, 0.717) is 0 Å². The highest BCUT2D eigenvalue weighted by molar-refractivity contribution is 6.50. The number of halogens is 4. The Bertz CT molecular complexity index is 189. The van der Waals surface area contributed by atoms with Crippen molar-refractivity contribution in [3.8, 4) is 0 Å². The number of hydrogen-bond acceptors (Lipinski definition) is 1. The van der Waals surface area contributed by atoms with Crippen LogP contribution in [0.1, 0.15) is 33.1 Å². The number of rotatable bonds is 5. The summed E-state index contributed by atoms with van der Waals surface area (Å²) < 4.78 is 45.8. The molecule has 0 unspecified atom stereocenters. The molecule has 2 nitrogen and oxygen atoms in total. The topological polar surface area (TPSA) is 9.23 Å². The molecule has 1 rings (SSSR count). The first kappa shape index (κ1) is 16.7. The monoisotopic (exact) mass is 259 g/mol. The van der Waals surface area contributed by atoms with Crippen LogP contribution in [0.3, 0.4) is 0 Å². The molecule has 0 spiro atoms. The first-order chi connectivity index (χ1) is 7.83. The molecule has 1 aliphatic heterocycles. The third kappa shape index (κ3) is 9.41. The normalized spacial score (nSPS) is 18.7. The van der Waals surface area contributed by atoms with Crippen LogP contribution in [0.4, 0.5) is 17.3 Å². The maximum absolute atomic E-state index is 9.75. The Hall–Kier alpha value is -0.295. The van der Waals surface area contributed by atoms with E-state index < -0.39 is 7.25 Å². The lowest BCUT2D eigenvalue weighted by Crippen LogP contribution is -2.47. The molecule has 1 heterocycles. The van der Waals surface area contributed by atoms with E-state index in [2.05, 4.69) is 13.8 Å². The van der Waals surface area contributed by atoms with Crippen molar-refractivity contribution in [2.45, 2.75) is 33.1 Å². The van der Waals surface area contributed by atoms with Gasteiger partial charge in [0.05, 0.1) is 19.6 Å². The molecule has 0 radical (unpaired) electrons. The standard InChI is InChI=1S/C10H22NO.BF4/c1-3-7-11(10-12-4-2)8-5-6-9-11;2-1(3,4)5/h3-10H2,1-2H3;/q+1;-1. The van der Waals surface area contributed by atoms with Gasteiger partial charge in [0.2, 0.25) is 0 Å². The zero-order valence-electron chi connectivity index (χ0n) is 10.6. The molecule has 0 aromatic carbocycles. The van der Waals surface area contributed by atoms with Crippen molar-refractivity contribution in [2.75, 3.05) is 33.0 Å². The number of hydrogen-bond donors (Lipinski definition) is 0. The van der Waals surface area contributed by atoms with Crippen LogP contribution in [-0.2, 0) is 4.74 Å². The highest BCUT2D eigenvalue weighted by Crippen LogP contribution is 2.19. The second-order valence-electron chi connectivity index (χ2n) is 4.34. The smallest absolute Gasteiger partial charge is 0.418 e. The molecule has 0 aromatic rings. The van der Waals surface area contributed by atoms with E-state index in [9.17, 15) is 17.3 Å². The fraction of sp³-hybridized carbons (Fsp3) is 1.00. The van der Waals surface area contributed by atoms with Gasteiger partial charge in [0.25, 0.3) is 0 Å². The quantitative estimate of drug-likeness (QED) is 0.418. The molecule has 0 aliphatic carbocycles. The fourth-order valence-corrected chi connectivity index (χ4v) is 2.18. The summed E-state index contributed by atoms with van der Waals surface area (Å²) in [6.45, 7) is 10.2. The summed E-state index contributed by atoms with van der Waals surface area (Å²) in [5.41, 5.74) is 0. The molecule has 1 aliphatic rings. The molecule has 0 saturated carbocycles. The number of likely N-dealkylation sites (tertiary alicyclic amines) is 1. The average Bonchev–Trinajstić information content (AvgIpc) is 2.62. The van der Waals surface area contributed by atoms with Crippen LogP contribution in [0.5, 0.6) is 0 Å². The van der Waals surface area contributed by atoms with Crippen molar-refractivity contribution in [1.82, 2.24) is 0 Å². The third-order valence-electron chi connectivity index (χ3n) is 2.78. The Morgan fingerprint density at radius 3 is 1.88 bits per heavy atom. The Labute approximate surface area is 101 Å². The van der Waals surface area contributed by atoms with Crippen LogP contribution in [0.25, 0.3) is 0 Å². The maximum Gasteiger partial charge on any atom is 0.673 e. The van der Waals surface area contributed by atoms with Gasteiger partial charge >= 0.3 is 7.25 Å². The van der Waals surface area contributed by atoms with Gasteiger partial charge < -0.3 is 26.5 Å². The molecular weight excluding hydrogens is 237 g/mol. The van der Waals surface area contributed by atoms with Crippen molar-refractivity contribution in [3.63, 3.8) is 0 Å². The van der Waals surface area contributed by atoms with Gasteiger partial charge in [-0.25, -0.2) is 0 Å². The molecule has 1 fully saturated rings. The zero-order chi connectivity index (χ0) is 13.4. The van der Waals surface area contributed by atoms with Gasteiger partial charge in [0.1, 0.15) is 0 Å². The molecule has 0 bridgehead atoms. The highest BCUT2D eigenvalue weighted by atomic mass is 19.5. The molecule has 0 atom stereocenters. The summed E-state index contributed by atoms with van der Waals surface area (Å²) in [6, 6.07) is 0. The molecule has 104 valence electrons. The van der Waals surface area contributed by atoms with E-state index in [4.69, 9.17) is 4.74 Å². The molecule has 0 N–H and O–H groups in total. The number of quaternary nitrogens is 1. The number of nitrogens with zero attached hydrogens (tertiary/aromatic N) is 1. The first-order valence-electron chi connectivity index (χ1n) is 6.13. The molecule has 1 saturated heterocycles. The zero-order valence-corrected chi connectivity index (χ0v) is 10.6. The van der Waals surface area contributed by atoms with Crippen molar-refractivity contribution in [3.05, 3.63) is 0 Å². The average molecular weight is 259 g/mol. The second-order valence-corrected chi connectivity index (χ2v) is 4.34. The van der Waals surface area contributed by atoms with Gasteiger partial charge in [0, 0.05) is 19.4 Å². The van der Waals surface area contributed by atoms with Crippen LogP contribution in [-0.4, -0.2) is 44.7 Å². The second kappa shape index (κ2) is 7.92. The Balaban J connectivity index is 0.000000437. The van der Waals surface area contributed by atoms with E-state index in [-0.39, 0.29) is 0 Å². The van der Waals surface area contributed by atoms with E-state index in [1.807, 2.05) is 0 Å². The van der Waals surface area contributed by atoms with Crippen LogP contribution in [0, 0.1) is 0 Å². The number of ether oxygens (including phenoxy) is 1. The van der Waals surface area contributed by atoms with E-state index in [1.165, 1.54) is 43.4 Å². The first-order valence-corrected chi connectivity index (χ1v) is 6.13. The van der Waals surface area contributed by atoms with Crippen molar-refractivity contribution in [2.24, 2.45) is 0 Å². The van der Waals surface area contributed by atoms with Gasteiger partial charge in [-0.05, 0) is 13.3 Å². The molecule has 0 aromatic heterocycles. The summed E-state index contributed by atoms with van der Waals surface area (Å²) >= 11 is 0. The Kier molecular flexibility index (Phi) is 7.78. The summed E-state index contributed by atoms with van der Waals surface area (Å²) in [6.07, 6.45) is 4.08. The maximum atomic E-state index is 9.75. The van der Waals surface area contributed by atoms with Gasteiger partial charge in [-0.3, -0.25) is 0 Å². The van der Waals surface area contributed by atoms with Gasteiger partial charge in [-0.1, -0.05) is 6.92 Å². The predicted molar refractivity (Wildman–Crippen MR) is 61.1 cm³/mol. The van der Waals surface area contributed by atoms with Crippen LogP contribution in [0.2, 0.25) is 0 Å². The van der Waals surface area contributed by atoms with Crippen LogP contribution in [0.15, 0.2) is 0 Å². The van der Waals surface area contributed by atoms with Crippen molar-refractivity contribution in [1.29, 1.82) is 0 Å². The molecule has 17 heavy (non-hydrogen) atoms. The van der Waals surface area contributed by atoms with Crippen LogP contribution >= 0.6 is 0 Å². The lowest BCUT2D eigenvalue weighted by Gasteiger charge is -2.33. The highest BCUT2D eigenvalue weighted by Gasteiger charge is 2.30. The summed E-state index contributed by atoms with van der Waals surface area (Å²) in [5, 5.41) is 0. The van der Waals surface area contributed by atoms with Gasteiger partial charge in [-0.15, -0.1) is 0 Å². The molecular formula is C10H22BF4NO. The predicted octanol–water partition coefficient (Wildman–Crippen LogP) is 3.30. The third-order valence-corrected chi connectivity index (χ3v) is 2.78. The van der Waals surface area contributed by atoms with E-state index >= 15 is 0 Å². The lowest BCUT2D eigenvalue weighted by molar-refractivity contribution is -0.935. The Morgan fingerprint density at radius 1 is 1.06 bits per heavy atom. The van der Waals surface area contributed by atoms with Crippen LogP contribution < -0.4 is 0 Å². The summed E-state index contributed by atoms with van der Waals surface area (Å²) in [4.78, 5) is 0. The van der Waals surface area contributed by atoms with E-state index in [1.54, 1.807) is 0 Å². The SMILES string of the molecule is CCC[N+]1(COCC)CCCC1.F[B-](F)(F)F. The summed E-state index contributed by atoms with van der Waals surface area (Å²) in [5.74, 6) is 0. The van der Waals surface area contributed by atoms with Gasteiger partial charge in [-0.2, -0.15) is 0 Å². The summed E-state index contributed by atoms with van der Waals surface area (Å²) in [7, 11) is -6.00. The van der Waals surface area contributed by atoms with Crippen molar-refractivity contribution >= 4 is 7.25 Å². The minimum atomic E-state index is -6.00. The minimum absolute atomic E-state index is 0.865. The lowest BCUT2D eigenvalue weighted by atomic mass is 10.3. The Morgan fingerprint density at radius 2 is 1.53 bits per heavy atom. The van der Waals surface area contributed by atoms with E-state index in [0.717, 1.165) is 13.3 Å². The minimum Gasteiger partial charge on any atom is -0.418 e. The molecule has 0 amide bonds. The fourth-order valence-electron chi connectivity index (χ4n) is 2.18. The van der Waals surface area contributed by atoms with Crippen molar-refractivity contribution < 1.29 is 26.5 Å². The largest absolute Gasteiger partial charge is 0.673 e.